The van der Waals surface area contributed by atoms with E-state index in [1.54, 1.807) is 22.7 Å². The maximum absolute atomic E-state index is 6.46. The van der Waals surface area contributed by atoms with Gasteiger partial charge in [-0.1, -0.05) is 48.5 Å². The lowest BCUT2D eigenvalue weighted by atomic mass is 9.99. The molecule has 206 valence electrons. The van der Waals surface area contributed by atoms with Crippen molar-refractivity contribution >= 4 is 88.1 Å². The topological polar surface area (TPSA) is 26.3 Å². The first-order chi connectivity index (χ1) is 21.8. The number of hydrogen-bond acceptors (Lipinski definition) is 4. The summed E-state index contributed by atoms with van der Waals surface area (Å²) in [6, 6.07) is 43.7. The zero-order valence-electron chi connectivity index (χ0n) is 23.3. The summed E-state index contributed by atoms with van der Waals surface area (Å²) in [5.41, 5.74) is 8.49. The van der Waals surface area contributed by atoms with Crippen molar-refractivity contribution in [1.82, 2.24) is 0 Å². The second-order valence-electron chi connectivity index (χ2n) is 11.3. The minimum Gasteiger partial charge on any atom is -0.455 e. The third-order valence-electron chi connectivity index (χ3n) is 8.85. The van der Waals surface area contributed by atoms with Gasteiger partial charge in [0.2, 0.25) is 0 Å². The maximum Gasteiger partial charge on any atom is 0.143 e. The van der Waals surface area contributed by atoms with Crippen LogP contribution < -0.4 is 0 Å². The molecule has 0 N–H and O–H groups in total. The molecule has 0 fully saturated rings. The molecule has 0 radical (unpaired) electrons. The van der Waals surface area contributed by atoms with Crippen LogP contribution in [0.25, 0.3) is 97.4 Å². The first-order valence-corrected chi connectivity index (χ1v) is 16.4. The molecule has 2 nitrogen and oxygen atoms in total. The predicted molar refractivity (Wildman–Crippen MR) is 188 cm³/mol. The molecule has 0 saturated carbocycles. The number of benzene rings is 6. The fraction of sp³-hybridized carbons (Fsp3) is 0. The van der Waals surface area contributed by atoms with Gasteiger partial charge in [0.25, 0.3) is 0 Å². The number of rotatable bonds is 3. The van der Waals surface area contributed by atoms with Crippen molar-refractivity contribution in [2.45, 2.75) is 0 Å². The van der Waals surface area contributed by atoms with E-state index in [-0.39, 0.29) is 0 Å². The van der Waals surface area contributed by atoms with Crippen molar-refractivity contribution in [3.8, 4) is 32.0 Å². The maximum atomic E-state index is 6.46. The summed E-state index contributed by atoms with van der Waals surface area (Å²) in [7, 11) is 0. The lowest BCUT2D eigenvalue weighted by Crippen LogP contribution is -1.79. The molecule has 0 aliphatic rings. The van der Waals surface area contributed by atoms with Gasteiger partial charge in [-0.05, 0) is 117 Å². The average Bonchev–Trinajstić information content (AvgIpc) is 3.89. The van der Waals surface area contributed by atoms with E-state index < -0.39 is 0 Å². The van der Waals surface area contributed by atoms with Crippen molar-refractivity contribution < 1.29 is 8.83 Å². The normalized spacial score (nSPS) is 12.1. The summed E-state index contributed by atoms with van der Waals surface area (Å²) in [6.07, 6.45) is 0. The highest BCUT2D eigenvalue weighted by Gasteiger charge is 2.15. The van der Waals surface area contributed by atoms with Crippen molar-refractivity contribution in [2.75, 3.05) is 0 Å². The van der Waals surface area contributed by atoms with E-state index in [0.29, 0.717) is 0 Å². The molecule has 0 saturated heterocycles. The van der Waals surface area contributed by atoms with Crippen LogP contribution in [0.15, 0.2) is 141 Å². The molecule has 0 bridgehead atoms. The highest BCUT2D eigenvalue weighted by Crippen LogP contribution is 2.40. The molecular weight excluding hydrogens is 577 g/mol. The van der Waals surface area contributed by atoms with Crippen LogP contribution >= 0.6 is 22.7 Å². The molecule has 6 aromatic carbocycles. The van der Waals surface area contributed by atoms with Gasteiger partial charge in [0.15, 0.2) is 0 Å². The Balaban J connectivity index is 1.09. The van der Waals surface area contributed by atoms with Crippen LogP contribution in [0.5, 0.6) is 0 Å². The summed E-state index contributed by atoms with van der Waals surface area (Å²) in [5.74, 6) is 0. The summed E-state index contributed by atoms with van der Waals surface area (Å²) in [5, 5.41) is 13.4. The second-order valence-corrected chi connectivity index (χ2v) is 13.2. The minimum absolute atomic E-state index is 0.904. The van der Waals surface area contributed by atoms with Crippen LogP contribution in [-0.4, -0.2) is 0 Å². The fourth-order valence-electron chi connectivity index (χ4n) is 6.68. The van der Waals surface area contributed by atoms with Crippen molar-refractivity contribution in [3.63, 3.8) is 0 Å². The number of furan rings is 2. The standard InChI is InChI=1S/C40H22O2S2/c1-3-37(43-17-1)27-7-11-29-25(19-27)5-13-31-33-21-23(9-15-35(33)41-39(29)31)24-10-16-36-34(22-24)32-14-6-26-20-28(38-4-2-18-44-38)8-12-30(26)40(32)42-36/h1-22H. The Bertz CT molecular complexity index is 2520. The summed E-state index contributed by atoms with van der Waals surface area (Å²) >= 11 is 3.53. The van der Waals surface area contributed by atoms with Gasteiger partial charge in [-0.25, -0.2) is 0 Å². The van der Waals surface area contributed by atoms with E-state index in [1.165, 1.54) is 31.7 Å². The van der Waals surface area contributed by atoms with Crippen LogP contribution in [0, 0.1) is 0 Å². The Morgan fingerprint density at radius 3 is 1.27 bits per heavy atom. The number of fused-ring (bicyclic) bond motifs is 10. The predicted octanol–water partition coefficient (Wildman–Crippen LogP) is 12.9. The number of hydrogen-bond donors (Lipinski definition) is 0. The van der Waals surface area contributed by atoms with Gasteiger partial charge < -0.3 is 8.83 Å². The molecule has 10 aromatic rings. The zero-order valence-corrected chi connectivity index (χ0v) is 25.0. The van der Waals surface area contributed by atoms with E-state index in [2.05, 4.69) is 132 Å². The quantitative estimate of drug-likeness (QED) is 0.202. The molecule has 4 heterocycles. The minimum atomic E-state index is 0.904. The fourth-order valence-corrected chi connectivity index (χ4v) is 8.12. The van der Waals surface area contributed by atoms with Gasteiger partial charge >= 0.3 is 0 Å². The van der Waals surface area contributed by atoms with E-state index in [9.17, 15) is 0 Å². The highest BCUT2D eigenvalue weighted by atomic mass is 32.1. The Labute approximate surface area is 260 Å². The Morgan fingerprint density at radius 2 is 0.818 bits per heavy atom. The van der Waals surface area contributed by atoms with E-state index in [0.717, 1.165) is 65.8 Å². The van der Waals surface area contributed by atoms with Gasteiger partial charge in [-0.3, -0.25) is 0 Å². The number of thiophene rings is 2. The van der Waals surface area contributed by atoms with E-state index in [1.807, 2.05) is 0 Å². The first-order valence-electron chi connectivity index (χ1n) is 14.6. The van der Waals surface area contributed by atoms with Crippen molar-refractivity contribution in [2.24, 2.45) is 0 Å². The molecule has 0 aliphatic carbocycles. The molecule has 0 unspecified atom stereocenters. The first kappa shape index (κ1) is 24.3. The summed E-state index contributed by atoms with van der Waals surface area (Å²) in [4.78, 5) is 2.56. The second kappa shape index (κ2) is 9.17. The summed E-state index contributed by atoms with van der Waals surface area (Å²) in [6.45, 7) is 0. The molecule has 0 amide bonds. The van der Waals surface area contributed by atoms with Gasteiger partial charge in [0.1, 0.15) is 22.3 Å². The van der Waals surface area contributed by atoms with Crippen LogP contribution in [0.3, 0.4) is 0 Å². The average molecular weight is 599 g/mol. The third-order valence-corrected chi connectivity index (χ3v) is 10.7. The van der Waals surface area contributed by atoms with E-state index >= 15 is 0 Å². The molecular formula is C40H22O2S2. The molecule has 0 atom stereocenters. The lowest BCUT2D eigenvalue weighted by molar-refractivity contribution is 0.672. The molecule has 4 heteroatoms. The molecule has 4 aromatic heterocycles. The largest absolute Gasteiger partial charge is 0.455 e. The van der Waals surface area contributed by atoms with Gasteiger partial charge in [-0.15, -0.1) is 22.7 Å². The lowest BCUT2D eigenvalue weighted by Gasteiger charge is -2.04. The Hall–Kier alpha value is -5.16. The molecule has 0 spiro atoms. The SMILES string of the molecule is c1csc(-c2ccc3c(ccc4c5cc(-c6ccc7oc8c9ccc(-c%10cccs%10)cc9ccc8c7c6)ccc5oc34)c2)c1. The van der Waals surface area contributed by atoms with E-state index in [4.69, 9.17) is 8.83 Å². The van der Waals surface area contributed by atoms with Crippen molar-refractivity contribution in [1.29, 1.82) is 0 Å². The highest BCUT2D eigenvalue weighted by molar-refractivity contribution is 7.13. The van der Waals surface area contributed by atoms with Gasteiger partial charge in [0.05, 0.1) is 0 Å². The Kier molecular flexibility index (Phi) is 5.06. The monoisotopic (exact) mass is 598 g/mol. The van der Waals surface area contributed by atoms with Crippen molar-refractivity contribution in [3.05, 3.63) is 132 Å². The zero-order chi connectivity index (χ0) is 28.8. The molecule has 10 rings (SSSR count). The summed E-state index contributed by atoms with van der Waals surface area (Å²) < 4.78 is 12.9. The Morgan fingerprint density at radius 1 is 0.364 bits per heavy atom. The van der Waals surface area contributed by atoms with Crippen LogP contribution in [0.1, 0.15) is 0 Å². The smallest absolute Gasteiger partial charge is 0.143 e. The third kappa shape index (κ3) is 3.59. The molecule has 44 heavy (non-hydrogen) atoms. The van der Waals surface area contributed by atoms with Crippen LogP contribution in [-0.2, 0) is 0 Å². The van der Waals surface area contributed by atoms with Crippen LogP contribution in [0.2, 0.25) is 0 Å². The van der Waals surface area contributed by atoms with Crippen LogP contribution in [0.4, 0.5) is 0 Å². The molecule has 0 aliphatic heterocycles. The van der Waals surface area contributed by atoms with Gasteiger partial charge in [-0.2, -0.15) is 0 Å². The van der Waals surface area contributed by atoms with Gasteiger partial charge in [0, 0.05) is 42.1 Å².